The summed E-state index contributed by atoms with van der Waals surface area (Å²) >= 11 is 4.94. The predicted octanol–water partition coefficient (Wildman–Crippen LogP) is 0.406. The van der Waals surface area contributed by atoms with Gasteiger partial charge in [-0.25, -0.2) is 4.98 Å². The molecule has 1 atom stereocenters. The summed E-state index contributed by atoms with van der Waals surface area (Å²) in [6.45, 7) is 0.737. The van der Waals surface area contributed by atoms with Crippen molar-refractivity contribution < 1.29 is 4.79 Å². The maximum absolute atomic E-state index is 11.6. The molecular formula is C11H14N4OS. The van der Waals surface area contributed by atoms with E-state index in [1.807, 2.05) is 0 Å². The van der Waals surface area contributed by atoms with Crippen LogP contribution in [0.4, 0.5) is 5.82 Å². The minimum absolute atomic E-state index is 0.00390. The van der Waals surface area contributed by atoms with Crippen LogP contribution in [0.1, 0.15) is 18.4 Å². The molecule has 1 aliphatic heterocycles. The predicted molar refractivity (Wildman–Crippen MR) is 69.8 cm³/mol. The molecule has 4 N–H and O–H groups in total. The molecule has 90 valence electrons. The number of hydrogen-bond acceptors (Lipinski definition) is 4. The first-order valence-electron chi connectivity index (χ1n) is 5.47. The zero-order chi connectivity index (χ0) is 12.3. The van der Waals surface area contributed by atoms with Crippen LogP contribution in [0, 0.1) is 0 Å². The van der Waals surface area contributed by atoms with Gasteiger partial charge in [-0.1, -0.05) is 12.2 Å². The van der Waals surface area contributed by atoms with Gasteiger partial charge < -0.3 is 16.4 Å². The third-order valence-electron chi connectivity index (χ3n) is 2.67. The number of hydrogen-bond donors (Lipinski definition) is 3. The van der Waals surface area contributed by atoms with Crippen molar-refractivity contribution in [3.8, 4) is 0 Å². The Bertz CT molecular complexity index is 449. The lowest BCUT2D eigenvalue weighted by molar-refractivity contribution is -0.123. The Labute approximate surface area is 105 Å². The van der Waals surface area contributed by atoms with Crippen molar-refractivity contribution in [2.75, 3.05) is 11.9 Å². The fourth-order valence-corrected chi connectivity index (χ4v) is 1.96. The normalized spacial score (nSPS) is 19.5. The second-order valence-electron chi connectivity index (χ2n) is 3.89. The molecule has 1 amide bonds. The smallest absolute Gasteiger partial charge is 0.242 e. The van der Waals surface area contributed by atoms with Gasteiger partial charge in [0.25, 0.3) is 0 Å². The fraction of sp³-hybridized carbons (Fsp3) is 0.364. The number of carbonyl (C=O) groups excluding carboxylic acids is 1. The molecule has 1 aliphatic rings. The van der Waals surface area contributed by atoms with Crippen LogP contribution < -0.4 is 16.4 Å². The minimum Gasteiger partial charge on any atom is -0.389 e. The maximum atomic E-state index is 11.6. The van der Waals surface area contributed by atoms with Gasteiger partial charge in [-0.15, -0.1) is 0 Å². The van der Waals surface area contributed by atoms with E-state index >= 15 is 0 Å². The number of nitrogens with two attached hydrogens (primary N) is 1. The van der Waals surface area contributed by atoms with Crippen LogP contribution >= 0.6 is 12.2 Å². The van der Waals surface area contributed by atoms with E-state index in [1.54, 1.807) is 18.3 Å². The molecule has 17 heavy (non-hydrogen) atoms. The number of nitrogens with zero attached hydrogens (tertiary/aromatic N) is 1. The van der Waals surface area contributed by atoms with Crippen molar-refractivity contribution in [3.05, 3.63) is 23.9 Å². The molecule has 0 bridgehead atoms. The molecule has 5 nitrogen and oxygen atoms in total. The number of anilines is 1. The molecule has 0 aliphatic carbocycles. The highest BCUT2D eigenvalue weighted by molar-refractivity contribution is 7.80. The third-order valence-corrected chi connectivity index (χ3v) is 2.89. The Kier molecular flexibility index (Phi) is 3.53. The standard InChI is InChI=1S/C11H14N4OS/c12-9(17)7-3-1-5-13-10(7)15-8-4-2-6-14-11(8)16/h1,3,5,8H,2,4,6H2,(H2,12,17)(H,13,15)(H,14,16). The van der Waals surface area contributed by atoms with Gasteiger partial charge in [-0.05, 0) is 25.0 Å². The average molecular weight is 250 g/mol. The molecule has 1 aromatic heterocycles. The monoisotopic (exact) mass is 250 g/mol. The summed E-state index contributed by atoms with van der Waals surface area (Å²) in [5, 5.41) is 5.90. The lowest BCUT2D eigenvalue weighted by atomic mass is 10.1. The van der Waals surface area contributed by atoms with Gasteiger partial charge in [0.2, 0.25) is 5.91 Å². The molecule has 1 saturated heterocycles. The molecule has 6 heteroatoms. The number of nitrogens with one attached hydrogen (secondary N) is 2. The highest BCUT2D eigenvalue weighted by atomic mass is 32.1. The van der Waals surface area contributed by atoms with E-state index < -0.39 is 0 Å². The number of carbonyl (C=O) groups is 1. The largest absolute Gasteiger partial charge is 0.389 e. The van der Waals surface area contributed by atoms with Crippen LogP contribution in [0.2, 0.25) is 0 Å². The van der Waals surface area contributed by atoms with Crippen molar-refractivity contribution in [2.45, 2.75) is 18.9 Å². The van der Waals surface area contributed by atoms with Gasteiger partial charge in [0, 0.05) is 12.7 Å². The third kappa shape index (κ3) is 2.71. The zero-order valence-electron chi connectivity index (χ0n) is 9.27. The van der Waals surface area contributed by atoms with Crippen molar-refractivity contribution in [1.82, 2.24) is 10.3 Å². The molecule has 1 aromatic rings. The maximum Gasteiger partial charge on any atom is 0.242 e. The molecule has 0 saturated carbocycles. The second-order valence-corrected chi connectivity index (χ2v) is 4.33. The molecule has 0 radical (unpaired) electrons. The highest BCUT2D eigenvalue weighted by Gasteiger charge is 2.22. The van der Waals surface area contributed by atoms with Gasteiger partial charge in [-0.2, -0.15) is 0 Å². The van der Waals surface area contributed by atoms with Crippen LogP contribution in [-0.4, -0.2) is 28.5 Å². The van der Waals surface area contributed by atoms with E-state index in [2.05, 4.69) is 15.6 Å². The van der Waals surface area contributed by atoms with Gasteiger partial charge in [0.15, 0.2) is 0 Å². The lowest BCUT2D eigenvalue weighted by Crippen LogP contribution is -2.44. The van der Waals surface area contributed by atoms with Gasteiger partial charge >= 0.3 is 0 Å². The van der Waals surface area contributed by atoms with E-state index in [0.29, 0.717) is 11.4 Å². The second kappa shape index (κ2) is 5.09. The Morgan fingerprint density at radius 2 is 2.47 bits per heavy atom. The first-order valence-corrected chi connectivity index (χ1v) is 5.88. The summed E-state index contributed by atoms with van der Waals surface area (Å²) < 4.78 is 0. The van der Waals surface area contributed by atoms with Gasteiger partial charge in [0.05, 0.1) is 5.56 Å². The molecule has 0 aromatic carbocycles. The quantitative estimate of drug-likeness (QED) is 0.677. The SMILES string of the molecule is NC(=S)c1cccnc1NC1CCCNC1=O. The van der Waals surface area contributed by atoms with E-state index in [-0.39, 0.29) is 16.9 Å². The number of amides is 1. The number of thiocarbonyl (C=S) groups is 1. The number of pyridine rings is 1. The van der Waals surface area contributed by atoms with Crippen molar-refractivity contribution in [3.63, 3.8) is 0 Å². The molecule has 1 fully saturated rings. The molecule has 2 heterocycles. The van der Waals surface area contributed by atoms with Crippen LogP contribution in [-0.2, 0) is 4.79 Å². The summed E-state index contributed by atoms with van der Waals surface area (Å²) in [7, 11) is 0. The Hall–Kier alpha value is -1.69. The minimum atomic E-state index is -0.258. The topological polar surface area (TPSA) is 80.0 Å². The summed E-state index contributed by atoms with van der Waals surface area (Å²) in [6, 6.07) is 3.30. The van der Waals surface area contributed by atoms with Crippen LogP contribution in [0.3, 0.4) is 0 Å². The Morgan fingerprint density at radius 3 is 3.18 bits per heavy atom. The summed E-state index contributed by atoms with van der Waals surface area (Å²) in [6.07, 6.45) is 3.39. The molecule has 1 unspecified atom stereocenters. The van der Waals surface area contributed by atoms with Crippen LogP contribution in [0.5, 0.6) is 0 Å². The van der Waals surface area contributed by atoms with Crippen molar-refractivity contribution in [1.29, 1.82) is 0 Å². The van der Waals surface area contributed by atoms with E-state index in [0.717, 1.165) is 19.4 Å². The fourth-order valence-electron chi connectivity index (χ4n) is 1.79. The number of rotatable bonds is 3. The number of piperidine rings is 1. The van der Waals surface area contributed by atoms with E-state index in [1.165, 1.54) is 0 Å². The molecule has 2 rings (SSSR count). The van der Waals surface area contributed by atoms with E-state index in [9.17, 15) is 4.79 Å². The van der Waals surface area contributed by atoms with Crippen molar-refractivity contribution >= 4 is 28.9 Å². The summed E-state index contributed by atoms with van der Waals surface area (Å²) in [4.78, 5) is 16.1. The summed E-state index contributed by atoms with van der Waals surface area (Å²) in [5.74, 6) is 0.567. The van der Waals surface area contributed by atoms with Gasteiger partial charge in [-0.3, -0.25) is 4.79 Å². The van der Waals surface area contributed by atoms with Crippen molar-refractivity contribution in [2.24, 2.45) is 5.73 Å². The highest BCUT2D eigenvalue weighted by Crippen LogP contribution is 2.15. The Balaban J connectivity index is 2.17. The first kappa shape index (κ1) is 11.8. The van der Waals surface area contributed by atoms with Crippen LogP contribution in [0.25, 0.3) is 0 Å². The number of aromatic nitrogens is 1. The van der Waals surface area contributed by atoms with Gasteiger partial charge in [0.1, 0.15) is 16.8 Å². The molecule has 0 spiro atoms. The summed E-state index contributed by atoms with van der Waals surface area (Å²) in [5.41, 5.74) is 6.27. The lowest BCUT2D eigenvalue weighted by Gasteiger charge is -2.24. The van der Waals surface area contributed by atoms with Crippen LogP contribution in [0.15, 0.2) is 18.3 Å². The average Bonchev–Trinajstić information content (AvgIpc) is 2.32. The first-order chi connectivity index (χ1) is 8.18. The Morgan fingerprint density at radius 1 is 1.65 bits per heavy atom. The van der Waals surface area contributed by atoms with E-state index in [4.69, 9.17) is 18.0 Å². The zero-order valence-corrected chi connectivity index (χ0v) is 10.1. The molecular weight excluding hydrogens is 236 g/mol.